The van der Waals surface area contributed by atoms with Gasteiger partial charge in [0.2, 0.25) is 0 Å². The van der Waals surface area contributed by atoms with Gasteiger partial charge in [0.25, 0.3) is 10.0 Å². The molecule has 5 nitrogen and oxygen atoms in total. The Balaban J connectivity index is 2.34. The lowest BCUT2D eigenvalue weighted by molar-refractivity contribution is 0.573. The molecular weight excluding hydrogens is 330 g/mol. The normalized spacial score (nSPS) is 12.4. The molecule has 0 atom stereocenters. The fourth-order valence-electron chi connectivity index (χ4n) is 1.58. The summed E-state index contributed by atoms with van der Waals surface area (Å²) in [5, 5.41) is 2.44. The average Bonchev–Trinajstić information content (AvgIpc) is 2.79. The van der Waals surface area contributed by atoms with E-state index in [9.17, 15) is 8.42 Å². The maximum atomic E-state index is 12.4. The second-order valence-corrected chi connectivity index (χ2v) is 8.52. The summed E-state index contributed by atoms with van der Waals surface area (Å²) in [5.41, 5.74) is 6.53. The van der Waals surface area contributed by atoms with E-state index >= 15 is 0 Å². The van der Waals surface area contributed by atoms with Crippen LogP contribution in [0.3, 0.4) is 0 Å². The Hall–Kier alpha value is -1.31. The first-order chi connectivity index (χ1) is 9.59. The minimum Gasteiger partial charge on any atom is -0.398 e. The van der Waals surface area contributed by atoms with E-state index in [-0.39, 0.29) is 16.0 Å². The van der Waals surface area contributed by atoms with E-state index in [0.717, 1.165) is 5.69 Å². The Morgan fingerprint density at radius 3 is 2.57 bits per heavy atom. The van der Waals surface area contributed by atoms with Gasteiger partial charge in [-0.2, -0.15) is 0 Å². The van der Waals surface area contributed by atoms with Gasteiger partial charge in [0.15, 0.2) is 5.13 Å². The van der Waals surface area contributed by atoms with E-state index in [4.69, 9.17) is 17.3 Å². The molecule has 0 spiro atoms. The van der Waals surface area contributed by atoms with Crippen molar-refractivity contribution in [2.45, 2.75) is 31.1 Å². The van der Waals surface area contributed by atoms with Gasteiger partial charge in [-0.05, 0) is 18.2 Å². The molecule has 114 valence electrons. The molecule has 8 heteroatoms. The Bertz CT molecular complexity index is 764. The standard InChI is InChI=1S/C13H16ClN3O2S2/c1-13(2,3)11-7-20-12(16-11)17-21(18,19)10-6-8(14)4-5-9(10)15/h4-7H,15H2,1-3H3,(H,16,17). The van der Waals surface area contributed by atoms with E-state index < -0.39 is 10.0 Å². The summed E-state index contributed by atoms with van der Waals surface area (Å²) >= 11 is 7.06. The Labute approximate surface area is 133 Å². The number of nitrogens with two attached hydrogens (primary N) is 1. The second kappa shape index (κ2) is 5.47. The summed E-state index contributed by atoms with van der Waals surface area (Å²) in [7, 11) is -3.81. The van der Waals surface area contributed by atoms with Crippen molar-refractivity contribution in [2.24, 2.45) is 0 Å². The van der Waals surface area contributed by atoms with Gasteiger partial charge in [-0.3, -0.25) is 4.72 Å². The number of hydrogen-bond donors (Lipinski definition) is 2. The number of anilines is 2. The van der Waals surface area contributed by atoms with E-state index in [0.29, 0.717) is 10.2 Å². The van der Waals surface area contributed by atoms with Crippen LogP contribution in [0.1, 0.15) is 26.5 Å². The van der Waals surface area contributed by atoms with Crippen molar-refractivity contribution in [2.75, 3.05) is 10.5 Å². The van der Waals surface area contributed by atoms with Crippen molar-refractivity contribution in [1.29, 1.82) is 0 Å². The minimum atomic E-state index is -3.81. The summed E-state index contributed by atoms with van der Waals surface area (Å²) < 4.78 is 27.1. The highest BCUT2D eigenvalue weighted by atomic mass is 35.5. The highest BCUT2D eigenvalue weighted by Crippen LogP contribution is 2.29. The number of sulfonamides is 1. The van der Waals surface area contributed by atoms with Crippen LogP contribution in [0.2, 0.25) is 5.02 Å². The van der Waals surface area contributed by atoms with Gasteiger partial charge in [-0.1, -0.05) is 32.4 Å². The molecule has 0 amide bonds. The highest BCUT2D eigenvalue weighted by molar-refractivity contribution is 7.93. The van der Waals surface area contributed by atoms with Crippen LogP contribution >= 0.6 is 22.9 Å². The number of rotatable bonds is 3. The zero-order chi connectivity index (χ0) is 15.8. The van der Waals surface area contributed by atoms with Gasteiger partial charge in [-0.15, -0.1) is 11.3 Å². The predicted molar refractivity (Wildman–Crippen MR) is 87.5 cm³/mol. The van der Waals surface area contributed by atoms with Gasteiger partial charge >= 0.3 is 0 Å². The monoisotopic (exact) mass is 345 g/mol. The molecule has 0 fully saturated rings. The van der Waals surface area contributed by atoms with Crippen molar-refractivity contribution in [3.05, 3.63) is 34.3 Å². The number of aromatic nitrogens is 1. The molecule has 0 radical (unpaired) electrons. The van der Waals surface area contributed by atoms with Crippen molar-refractivity contribution >= 4 is 43.8 Å². The van der Waals surface area contributed by atoms with E-state index in [1.807, 2.05) is 26.2 Å². The number of hydrogen-bond acceptors (Lipinski definition) is 5. The first-order valence-electron chi connectivity index (χ1n) is 6.13. The van der Waals surface area contributed by atoms with Crippen LogP contribution in [0.5, 0.6) is 0 Å². The largest absolute Gasteiger partial charge is 0.398 e. The number of halogens is 1. The Morgan fingerprint density at radius 2 is 2.00 bits per heavy atom. The summed E-state index contributed by atoms with van der Waals surface area (Å²) in [6, 6.07) is 4.31. The van der Waals surface area contributed by atoms with Crippen LogP contribution in [-0.4, -0.2) is 13.4 Å². The topological polar surface area (TPSA) is 85.1 Å². The second-order valence-electron chi connectivity index (χ2n) is 5.58. The molecule has 0 bridgehead atoms. The fourth-order valence-corrected chi connectivity index (χ4v) is 4.16. The molecule has 2 aromatic rings. The van der Waals surface area contributed by atoms with E-state index in [2.05, 4.69) is 9.71 Å². The molecule has 0 aliphatic heterocycles. The van der Waals surface area contributed by atoms with Crippen molar-refractivity contribution in [1.82, 2.24) is 4.98 Å². The number of nitrogen functional groups attached to an aromatic ring is 1. The van der Waals surface area contributed by atoms with E-state index in [1.54, 1.807) is 0 Å². The molecule has 0 aliphatic carbocycles. The molecule has 1 aromatic carbocycles. The van der Waals surface area contributed by atoms with Gasteiger partial charge in [0.05, 0.1) is 11.4 Å². The first kappa shape index (κ1) is 16.1. The van der Waals surface area contributed by atoms with Gasteiger partial charge in [0, 0.05) is 15.8 Å². The van der Waals surface area contributed by atoms with E-state index in [1.165, 1.54) is 29.5 Å². The number of benzene rings is 1. The Kier molecular flexibility index (Phi) is 4.19. The molecule has 21 heavy (non-hydrogen) atoms. The maximum Gasteiger partial charge on any atom is 0.265 e. The van der Waals surface area contributed by atoms with Crippen molar-refractivity contribution < 1.29 is 8.42 Å². The number of nitrogens with zero attached hydrogens (tertiary/aromatic N) is 1. The molecule has 1 heterocycles. The molecule has 0 saturated carbocycles. The average molecular weight is 346 g/mol. The lowest BCUT2D eigenvalue weighted by atomic mass is 9.93. The third-order valence-electron chi connectivity index (χ3n) is 2.76. The van der Waals surface area contributed by atoms with Gasteiger partial charge < -0.3 is 5.73 Å². The molecule has 0 unspecified atom stereocenters. The molecular formula is C13H16ClN3O2S2. The van der Waals surface area contributed by atoms with Crippen molar-refractivity contribution in [3.63, 3.8) is 0 Å². The van der Waals surface area contributed by atoms with Crippen LogP contribution in [0.4, 0.5) is 10.8 Å². The number of nitrogens with one attached hydrogen (secondary N) is 1. The summed E-state index contributed by atoms with van der Waals surface area (Å²) in [6.07, 6.45) is 0. The van der Waals surface area contributed by atoms with Crippen LogP contribution < -0.4 is 10.5 Å². The smallest absolute Gasteiger partial charge is 0.265 e. The Morgan fingerprint density at radius 1 is 1.33 bits per heavy atom. The third kappa shape index (κ3) is 3.66. The van der Waals surface area contributed by atoms with Crippen LogP contribution in [0.25, 0.3) is 0 Å². The minimum absolute atomic E-state index is 0.0532. The highest BCUT2D eigenvalue weighted by Gasteiger charge is 2.22. The predicted octanol–water partition coefficient (Wildman–Crippen LogP) is 3.48. The molecule has 0 saturated heterocycles. The van der Waals surface area contributed by atoms with Gasteiger partial charge in [0.1, 0.15) is 4.90 Å². The SMILES string of the molecule is CC(C)(C)c1csc(NS(=O)(=O)c2cc(Cl)ccc2N)n1. The number of thiazole rings is 1. The molecule has 1 aromatic heterocycles. The van der Waals surface area contributed by atoms with Crippen LogP contribution in [0.15, 0.2) is 28.5 Å². The lowest BCUT2D eigenvalue weighted by Crippen LogP contribution is -2.16. The molecule has 3 N–H and O–H groups in total. The van der Waals surface area contributed by atoms with Crippen LogP contribution in [0, 0.1) is 0 Å². The van der Waals surface area contributed by atoms with Crippen molar-refractivity contribution in [3.8, 4) is 0 Å². The fraction of sp³-hybridized carbons (Fsp3) is 0.308. The van der Waals surface area contributed by atoms with Gasteiger partial charge in [-0.25, -0.2) is 13.4 Å². The quantitative estimate of drug-likeness (QED) is 0.834. The first-order valence-corrected chi connectivity index (χ1v) is 8.87. The molecule has 0 aliphatic rings. The maximum absolute atomic E-state index is 12.4. The third-order valence-corrected chi connectivity index (χ3v) is 5.28. The molecule has 2 rings (SSSR count). The zero-order valence-corrected chi connectivity index (χ0v) is 14.2. The van der Waals surface area contributed by atoms with Crippen LogP contribution in [-0.2, 0) is 15.4 Å². The lowest BCUT2D eigenvalue weighted by Gasteiger charge is -2.14. The summed E-state index contributed by atoms with van der Waals surface area (Å²) in [6.45, 7) is 6.03. The summed E-state index contributed by atoms with van der Waals surface area (Å²) in [5.74, 6) is 0. The summed E-state index contributed by atoms with van der Waals surface area (Å²) in [4.78, 5) is 4.25. The zero-order valence-electron chi connectivity index (χ0n) is 11.8.